The first-order valence-electron chi connectivity index (χ1n) is 9.27. The van der Waals surface area contributed by atoms with Gasteiger partial charge in [-0.3, -0.25) is 0 Å². The first-order chi connectivity index (χ1) is 11.7. The topological polar surface area (TPSA) is 0 Å². The molecule has 2 aromatic carbocycles. The number of hydrogen-bond acceptors (Lipinski definition) is 0. The maximum absolute atomic E-state index is 7.92. The summed E-state index contributed by atoms with van der Waals surface area (Å²) in [4.78, 5) is 0. The van der Waals surface area contributed by atoms with E-state index in [0.29, 0.717) is 0 Å². The molecule has 2 unspecified atom stereocenters. The third-order valence-corrected chi connectivity index (χ3v) is 27.0. The molecule has 2 aliphatic carbocycles. The third kappa shape index (κ3) is 2.40. The van der Waals surface area contributed by atoms with E-state index in [-0.39, 0.29) is 7.25 Å². The SMILES string of the molecule is [CH2]=[Zr]([CH3])([CH3])([Cl])([Cl])([CH]1C(C)=Cc2ccccc21)[CH]1C(C)=Cc2ccccc21. The van der Waals surface area contributed by atoms with Crippen LogP contribution in [-0.2, 0) is 12.9 Å². The van der Waals surface area contributed by atoms with Crippen LogP contribution in [0.25, 0.3) is 12.2 Å². The zero-order valence-electron chi connectivity index (χ0n) is 15.9. The van der Waals surface area contributed by atoms with E-state index in [1.807, 2.05) is 0 Å². The van der Waals surface area contributed by atoms with Crippen molar-refractivity contribution in [3.05, 3.63) is 81.9 Å². The van der Waals surface area contributed by atoms with Gasteiger partial charge in [-0.2, -0.15) is 0 Å². The van der Waals surface area contributed by atoms with Crippen LogP contribution >= 0.6 is 17.0 Å². The van der Waals surface area contributed by atoms with Gasteiger partial charge in [-0.15, -0.1) is 0 Å². The molecule has 0 nitrogen and oxygen atoms in total. The van der Waals surface area contributed by atoms with Crippen molar-refractivity contribution in [3.8, 4) is 0 Å². The van der Waals surface area contributed by atoms with Gasteiger partial charge in [0.15, 0.2) is 0 Å². The molecule has 26 heavy (non-hydrogen) atoms. The van der Waals surface area contributed by atoms with Gasteiger partial charge in [0.1, 0.15) is 0 Å². The molecule has 0 N–H and O–H groups in total. The van der Waals surface area contributed by atoms with Crippen molar-refractivity contribution in [1.29, 1.82) is 0 Å². The van der Waals surface area contributed by atoms with Crippen LogP contribution in [0.1, 0.15) is 43.4 Å². The summed E-state index contributed by atoms with van der Waals surface area (Å²) in [5, 5.41) is 0. The standard InChI is InChI=1S/2C10H9.2CH3.CH2.2ClH.Zr/c2*1-8-6-9-4-2-3-5-10(9)7-8;;;;;;/h2*2-7H,1H3;2*1H3;1H2;2*1H;/q;;;;;;;+2/p-2. The van der Waals surface area contributed by atoms with Gasteiger partial charge >= 0.3 is 159 Å². The molecular formula is C23H26Cl2Zr. The molecule has 0 fully saturated rings. The molecule has 3 heteroatoms. The fraction of sp³-hybridized carbons (Fsp3) is 0.261. The summed E-state index contributed by atoms with van der Waals surface area (Å²) in [7, 11) is 15.8. The zero-order valence-corrected chi connectivity index (χ0v) is 19.9. The predicted octanol–water partition coefficient (Wildman–Crippen LogP) is 7.90. The quantitative estimate of drug-likeness (QED) is 0.424. The molecule has 0 bridgehead atoms. The van der Waals surface area contributed by atoms with Gasteiger partial charge in [0, 0.05) is 0 Å². The van der Waals surface area contributed by atoms with E-state index in [1.54, 1.807) is 0 Å². The Balaban J connectivity index is 2.10. The number of rotatable bonds is 2. The van der Waals surface area contributed by atoms with Gasteiger partial charge in [0.2, 0.25) is 0 Å². The Kier molecular flexibility index (Phi) is 3.19. The Morgan fingerprint density at radius 2 is 1.08 bits per heavy atom. The number of halogens is 2. The summed E-state index contributed by atoms with van der Waals surface area (Å²) in [5.41, 5.74) is 7.30. The van der Waals surface area contributed by atoms with Crippen LogP contribution in [0.3, 0.4) is 0 Å². The van der Waals surface area contributed by atoms with Crippen molar-refractivity contribution in [2.24, 2.45) is 0 Å². The van der Waals surface area contributed by atoms with E-state index in [4.69, 9.17) is 21.2 Å². The molecule has 0 radical (unpaired) electrons. The summed E-state index contributed by atoms with van der Waals surface area (Å²) in [6.07, 6.45) is 4.46. The molecule has 0 heterocycles. The molecule has 0 saturated carbocycles. The summed E-state index contributed by atoms with van der Waals surface area (Å²) in [6.45, 7) is 4.31. The van der Waals surface area contributed by atoms with E-state index in [1.165, 1.54) is 33.4 Å². The monoisotopic (exact) mass is 462 g/mol. The molecule has 2 aromatic rings. The Labute approximate surface area is 157 Å². The van der Waals surface area contributed by atoms with Crippen LogP contribution < -0.4 is 0 Å². The van der Waals surface area contributed by atoms with Crippen LogP contribution in [-0.4, -0.2) is 4.21 Å². The van der Waals surface area contributed by atoms with Crippen LogP contribution in [0, 0.1) is 0 Å². The van der Waals surface area contributed by atoms with Crippen molar-refractivity contribution in [2.45, 2.75) is 30.4 Å². The second-order valence-corrected chi connectivity index (χ2v) is 55.8. The Bertz CT molecular complexity index is 1060. The van der Waals surface area contributed by atoms with Gasteiger partial charge in [-0.05, 0) is 0 Å². The number of benzene rings is 2. The molecular weight excluding hydrogens is 438 g/mol. The van der Waals surface area contributed by atoms with Crippen molar-refractivity contribution in [2.75, 3.05) is 0 Å². The van der Waals surface area contributed by atoms with Gasteiger partial charge in [0.25, 0.3) is 0 Å². The van der Waals surface area contributed by atoms with Crippen LogP contribution in [0.5, 0.6) is 0 Å². The second-order valence-electron chi connectivity index (χ2n) is 10.4. The number of fused-ring (bicyclic) bond motifs is 2. The molecule has 0 aromatic heterocycles. The normalized spacial score (nSPS) is 25.8. The van der Waals surface area contributed by atoms with E-state index < -0.39 is 12.9 Å². The van der Waals surface area contributed by atoms with Gasteiger partial charge in [-0.1, -0.05) is 0 Å². The summed E-state index contributed by atoms with van der Waals surface area (Å²) >= 11 is -5.69. The molecule has 4 rings (SSSR count). The van der Waals surface area contributed by atoms with E-state index in [2.05, 4.69) is 83.8 Å². The molecule has 0 aliphatic heterocycles. The predicted molar refractivity (Wildman–Crippen MR) is 116 cm³/mol. The van der Waals surface area contributed by atoms with Crippen LogP contribution in [0.4, 0.5) is 0 Å². The maximum atomic E-state index is 7.92. The summed E-state index contributed by atoms with van der Waals surface area (Å²) in [6, 6.07) is 16.9. The molecule has 0 amide bonds. The van der Waals surface area contributed by atoms with Crippen molar-refractivity contribution in [3.63, 3.8) is 0 Å². The van der Waals surface area contributed by atoms with Crippen LogP contribution in [0.15, 0.2) is 59.7 Å². The first kappa shape index (κ1) is 18.6. The second kappa shape index (κ2) is 4.46. The van der Waals surface area contributed by atoms with E-state index in [0.717, 1.165) is 0 Å². The number of allylic oxidation sites excluding steroid dienone is 2. The minimum atomic E-state index is -5.69. The Morgan fingerprint density at radius 3 is 1.46 bits per heavy atom. The summed E-state index contributed by atoms with van der Waals surface area (Å²) in [5.74, 6) is 0. The minimum absolute atomic E-state index is 0.0641. The molecule has 2 aliphatic rings. The van der Waals surface area contributed by atoms with Gasteiger partial charge in [0.05, 0.1) is 0 Å². The third-order valence-electron chi connectivity index (χ3n) is 6.62. The fourth-order valence-electron chi connectivity index (χ4n) is 6.22. The van der Waals surface area contributed by atoms with Crippen molar-refractivity contribution in [1.82, 2.24) is 0 Å². The van der Waals surface area contributed by atoms with Crippen molar-refractivity contribution < 1.29 is 12.9 Å². The average molecular weight is 465 g/mol. The Morgan fingerprint density at radius 1 is 0.731 bits per heavy atom. The van der Waals surface area contributed by atoms with Gasteiger partial charge < -0.3 is 0 Å². The Hall–Kier alpha value is -0.747. The average Bonchev–Trinajstić information content (AvgIpc) is 3.02. The van der Waals surface area contributed by atoms with Gasteiger partial charge in [-0.25, -0.2) is 0 Å². The first-order valence-corrected chi connectivity index (χ1v) is 25.1. The van der Waals surface area contributed by atoms with Crippen LogP contribution in [0.2, 0.25) is 9.26 Å². The molecule has 2 atom stereocenters. The zero-order chi connectivity index (χ0) is 19.1. The fourth-order valence-corrected chi connectivity index (χ4v) is 30.8. The molecule has 136 valence electrons. The summed E-state index contributed by atoms with van der Waals surface area (Å²) < 4.78 is 8.98. The molecule has 0 spiro atoms. The van der Waals surface area contributed by atoms with E-state index in [9.17, 15) is 0 Å². The molecule has 0 saturated heterocycles. The van der Waals surface area contributed by atoms with Crippen molar-refractivity contribution >= 4 is 33.4 Å². The number of hydrogen-bond donors (Lipinski definition) is 0. The van der Waals surface area contributed by atoms with E-state index >= 15 is 0 Å².